The SMILES string of the molecule is CO.O=C(O)c1cc2ccccc2[nH]1. The van der Waals surface area contributed by atoms with E-state index in [9.17, 15) is 4.79 Å². The summed E-state index contributed by atoms with van der Waals surface area (Å²) in [5.41, 5.74) is 1.09. The highest BCUT2D eigenvalue weighted by molar-refractivity contribution is 5.93. The number of nitrogens with one attached hydrogen (secondary N) is 1. The Morgan fingerprint density at radius 2 is 1.93 bits per heavy atom. The number of aromatic amines is 1. The van der Waals surface area contributed by atoms with Gasteiger partial charge in [-0.2, -0.15) is 0 Å². The molecule has 1 heterocycles. The lowest BCUT2D eigenvalue weighted by atomic mass is 10.2. The Hall–Kier alpha value is -1.81. The fourth-order valence-electron chi connectivity index (χ4n) is 1.19. The molecule has 4 nitrogen and oxygen atoms in total. The highest BCUT2D eigenvalue weighted by Crippen LogP contribution is 2.13. The number of aliphatic hydroxyl groups excluding tert-OH is 1. The van der Waals surface area contributed by atoms with Crippen LogP contribution in [0.2, 0.25) is 0 Å². The summed E-state index contributed by atoms with van der Waals surface area (Å²) in [6, 6.07) is 9.09. The zero-order valence-electron chi connectivity index (χ0n) is 7.69. The van der Waals surface area contributed by atoms with E-state index < -0.39 is 5.97 Å². The van der Waals surface area contributed by atoms with Crippen LogP contribution in [0.4, 0.5) is 0 Å². The predicted octanol–water partition coefficient (Wildman–Crippen LogP) is 1.47. The summed E-state index contributed by atoms with van der Waals surface area (Å²) in [7, 11) is 1.00. The van der Waals surface area contributed by atoms with E-state index in [1.165, 1.54) is 0 Å². The molecule has 0 bridgehead atoms. The summed E-state index contributed by atoms with van der Waals surface area (Å²) in [5.74, 6) is -0.925. The van der Waals surface area contributed by atoms with Crippen molar-refractivity contribution in [2.45, 2.75) is 0 Å². The van der Waals surface area contributed by atoms with Gasteiger partial charge in [0, 0.05) is 18.0 Å². The van der Waals surface area contributed by atoms with Crippen LogP contribution in [0.1, 0.15) is 10.5 Å². The fraction of sp³-hybridized carbons (Fsp3) is 0.100. The molecule has 4 heteroatoms. The molecule has 1 aromatic heterocycles. The van der Waals surface area contributed by atoms with E-state index in [1.54, 1.807) is 6.07 Å². The third kappa shape index (κ3) is 1.92. The molecular weight excluding hydrogens is 182 g/mol. The van der Waals surface area contributed by atoms with Crippen LogP contribution in [0.3, 0.4) is 0 Å². The van der Waals surface area contributed by atoms with Crippen LogP contribution in [-0.2, 0) is 0 Å². The monoisotopic (exact) mass is 193 g/mol. The quantitative estimate of drug-likeness (QED) is 0.642. The average molecular weight is 193 g/mol. The summed E-state index contributed by atoms with van der Waals surface area (Å²) >= 11 is 0. The number of benzene rings is 1. The molecule has 0 amide bonds. The maximum absolute atomic E-state index is 10.5. The number of H-pyrrole nitrogens is 1. The number of hydrogen-bond donors (Lipinski definition) is 3. The lowest BCUT2D eigenvalue weighted by molar-refractivity contribution is 0.0691. The molecule has 0 atom stereocenters. The standard InChI is InChI=1S/C9H7NO2.CH4O/c11-9(12)8-5-6-3-1-2-4-7(6)10-8;1-2/h1-5,10H,(H,11,12);2H,1H3. The molecule has 14 heavy (non-hydrogen) atoms. The second-order valence-corrected chi connectivity index (χ2v) is 2.58. The first-order chi connectivity index (χ1) is 6.77. The lowest BCUT2D eigenvalue weighted by Crippen LogP contribution is -1.94. The molecule has 3 N–H and O–H groups in total. The summed E-state index contributed by atoms with van der Waals surface area (Å²) in [4.78, 5) is 13.3. The molecule has 0 fully saturated rings. The second kappa shape index (κ2) is 4.43. The van der Waals surface area contributed by atoms with Gasteiger partial charge < -0.3 is 15.2 Å². The van der Waals surface area contributed by atoms with Crippen LogP contribution in [0.25, 0.3) is 10.9 Å². The van der Waals surface area contributed by atoms with Crippen LogP contribution >= 0.6 is 0 Å². The fourth-order valence-corrected chi connectivity index (χ4v) is 1.19. The van der Waals surface area contributed by atoms with Crippen LogP contribution in [0.15, 0.2) is 30.3 Å². The summed E-state index contributed by atoms with van der Waals surface area (Å²) < 4.78 is 0. The van der Waals surface area contributed by atoms with Gasteiger partial charge in [0.25, 0.3) is 0 Å². The first-order valence-corrected chi connectivity index (χ1v) is 4.03. The average Bonchev–Trinajstić information content (AvgIpc) is 2.64. The third-order valence-electron chi connectivity index (χ3n) is 1.76. The Balaban J connectivity index is 0.000000461. The van der Waals surface area contributed by atoms with Crippen molar-refractivity contribution < 1.29 is 15.0 Å². The maximum atomic E-state index is 10.5. The van der Waals surface area contributed by atoms with Crippen molar-refractivity contribution in [1.29, 1.82) is 0 Å². The Morgan fingerprint density at radius 3 is 2.50 bits per heavy atom. The largest absolute Gasteiger partial charge is 0.477 e. The number of fused-ring (bicyclic) bond motifs is 1. The molecule has 2 rings (SSSR count). The highest BCUT2D eigenvalue weighted by Gasteiger charge is 2.05. The summed E-state index contributed by atoms with van der Waals surface area (Å²) in [5, 5.41) is 16.6. The minimum Gasteiger partial charge on any atom is -0.477 e. The number of carboxylic acids is 1. The van der Waals surface area contributed by atoms with E-state index in [1.807, 2.05) is 24.3 Å². The molecule has 0 aliphatic rings. The number of rotatable bonds is 1. The third-order valence-corrected chi connectivity index (χ3v) is 1.76. The van der Waals surface area contributed by atoms with E-state index in [0.717, 1.165) is 18.0 Å². The molecular formula is C10H11NO3. The Kier molecular flexibility index (Phi) is 3.25. The number of aromatic nitrogens is 1. The van der Waals surface area contributed by atoms with E-state index in [2.05, 4.69) is 4.98 Å². The van der Waals surface area contributed by atoms with Gasteiger partial charge in [0.2, 0.25) is 0 Å². The van der Waals surface area contributed by atoms with Crippen molar-refractivity contribution in [3.05, 3.63) is 36.0 Å². The Morgan fingerprint density at radius 1 is 1.29 bits per heavy atom. The normalized spacial score (nSPS) is 9.29. The molecule has 0 radical (unpaired) electrons. The first-order valence-electron chi connectivity index (χ1n) is 4.03. The Labute approximate surface area is 80.8 Å². The van der Waals surface area contributed by atoms with Gasteiger partial charge >= 0.3 is 5.97 Å². The molecule has 0 aliphatic carbocycles. The maximum Gasteiger partial charge on any atom is 0.352 e. The van der Waals surface area contributed by atoms with Crippen molar-refractivity contribution in [1.82, 2.24) is 4.98 Å². The topological polar surface area (TPSA) is 73.3 Å². The zero-order valence-corrected chi connectivity index (χ0v) is 7.69. The van der Waals surface area contributed by atoms with Gasteiger partial charge in [0.1, 0.15) is 5.69 Å². The predicted molar refractivity (Wildman–Crippen MR) is 53.4 cm³/mol. The minimum atomic E-state index is -0.925. The smallest absolute Gasteiger partial charge is 0.352 e. The van der Waals surface area contributed by atoms with Gasteiger partial charge in [-0.05, 0) is 12.1 Å². The Bertz CT molecular complexity index is 401. The van der Waals surface area contributed by atoms with E-state index in [4.69, 9.17) is 10.2 Å². The van der Waals surface area contributed by atoms with E-state index in [0.29, 0.717) is 0 Å². The van der Waals surface area contributed by atoms with E-state index in [-0.39, 0.29) is 5.69 Å². The lowest BCUT2D eigenvalue weighted by Gasteiger charge is -1.84. The van der Waals surface area contributed by atoms with Crippen molar-refractivity contribution in [3.63, 3.8) is 0 Å². The van der Waals surface area contributed by atoms with Gasteiger partial charge in [-0.25, -0.2) is 4.79 Å². The highest BCUT2D eigenvalue weighted by atomic mass is 16.4. The summed E-state index contributed by atoms with van der Waals surface area (Å²) in [6.45, 7) is 0. The van der Waals surface area contributed by atoms with Crippen molar-refractivity contribution in [3.8, 4) is 0 Å². The number of hydrogen-bond acceptors (Lipinski definition) is 2. The molecule has 0 aliphatic heterocycles. The molecule has 0 spiro atoms. The van der Waals surface area contributed by atoms with Crippen molar-refractivity contribution in [2.24, 2.45) is 0 Å². The van der Waals surface area contributed by atoms with Gasteiger partial charge in [-0.3, -0.25) is 0 Å². The number of carbonyl (C=O) groups is 1. The molecule has 0 saturated heterocycles. The number of para-hydroxylation sites is 1. The molecule has 0 saturated carbocycles. The van der Waals surface area contributed by atoms with E-state index >= 15 is 0 Å². The first kappa shape index (κ1) is 10.3. The molecule has 1 aromatic carbocycles. The van der Waals surface area contributed by atoms with Gasteiger partial charge in [-0.1, -0.05) is 18.2 Å². The van der Waals surface area contributed by atoms with Crippen molar-refractivity contribution >= 4 is 16.9 Å². The van der Waals surface area contributed by atoms with Crippen molar-refractivity contribution in [2.75, 3.05) is 7.11 Å². The van der Waals surface area contributed by atoms with Gasteiger partial charge in [0.15, 0.2) is 0 Å². The number of aromatic carboxylic acids is 1. The van der Waals surface area contributed by atoms with Crippen LogP contribution < -0.4 is 0 Å². The second-order valence-electron chi connectivity index (χ2n) is 2.58. The molecule has 0 unspecified atom stereocenters. The van der Waals surface area contributed by atoms with Crippen LogP contribution in [0, 0.1) is 0 Å². The minimum absolute atomic E-state index is 0.233. The van der Waals surface area contributed by atoms with Gasteiger partial charge in [-0.15, -0.1) is 0 Å². The molecule has 74 valence electrons. The van der Waals surface area contributed by atoms with Crippen LogP contribution in [0.5, 0.6) is 0 Å². The zero-order chi connectivity index (χ0) is 10.6. The van der Waals surface area contributed by atoms with Crippen LogP contribution in [-0.4, -0.2) is 28.3 Å². The number of carboxylic acid groups (broad SMARTS) is 1. The van der Waals surface area contributed by atoms with Gasteiger partial charge in [0.05, 0.1) is 0 Å². The summed E-state index contributed by atoms with van der Waals surface area (Å²) in [6.07, 6.45) is 0. The molecule has 2 aromatic rings. The number of aliphatic hydroxyl groups is 1.